The number of primary amides is 1. The molecule has 0 aliphatic carbocycles. The van der Waals surface area contributed by atoms with Crippen molar-refractivity contribution in [1.29, 1.82) is 0 Å². The van der Waals surface area contributed by atoms with E-state index >= 15 is 0 Å². The molecule has 36 heavy (non-hydrogen) atoms. The number of nitrogens with zero attached hydrogens (tertiary/aromatic N) is 3. The van der Waals surface area contributed by atoms with Crippen molar-refractivity contribution < 1.29 is 33.0 Å². The number of fused-ring (bicyclic) bond motifs is 1. The van der Waals surface area contributed by atoms with Crippen molar-refractivity contribution in [2.75, 3.05) is 20.1 Å². The van der Waals surface area contributed by atoms with Crippen molar-refractivity contribution in [1.82, 2.24) is 14.7 Å². The summed E-state index contributed by atoms with van der Waals surface area (Å²) in [4.78, 5) is 22.5. The molecule has 0 radical (unpaired) electrons. The fourth-order valence-electron chi connectivity index (χ4n) is 3.26. The van der Waals surface area contributed by atoms with E-state index in [1.807, 2.05) is 43.5 Å². The molecule has 0 bridgehead atoms. The molecule has 1 saturated heterocycles. The van der Waals surface area contributed by atoms with E-state index in [0.29, 0.717) is 17.6 Å². The summed E-state index contributed by atoms with van der Waals surface area (Å²) in [6.45, 7) is 4.49. The van der Waals surface area contributed by atoms with Gasteiger partial charge in [-0.3, -0.25) is 4.79 Å². The second-order valence-corrected chi connectivity index (χ2v) is 8.66. The number of aliphatic hydroxyl groups is 1. The Morgan fingerprint density at radius 3 is 2.11 bits per heavy atom. The number of carboxylic acids is 1. The Hall–Kier alpha value is -3.48. The van der Waals surface area contributed by atoms with E-state index in [-0.39, 0.29) is 5.60 Å². The van der Waals surface area contributed by atoms with Gasteiger partial charge in [0.25, 0.3) is 5.91 Å². The third-order valence-corrected chi connectivity index (χ3v) is 5.55. The summed E-state index contributed by atoms with van der Waals surface area (Å²) in [6, 6.07) is 13.2. The Labute approximate surface area is 206 Å². The largest absolute Gasteiger partial charge is 0.490 e. The standard InChI is InChI=1S/C15H14N4O.C7H15NO.C2HF3O2/c16-8-10-4-6-12(7-5-10)19-9-11-2-1-3-13(15(17)20)14(11)18-19;1-7(9)3-5-8(2)6-4-7;3-2(4,5)1(6)7/h1-7,9H,8,16H2,(H2,17,20);9H,3-6H2,1-2H3;(H,6,7). The molecule has 0 atom stereocenters. The molecule has 1 amide bonds. The quantitative estimate of drug-likeness (QED) is 0.424. The number of carboxylic acid groups (broad SMARTS) is 1. The van der Waals surface area contributed by atoms with E-state index < -0.39 is 18.1 Å². The molecular formula is C24H30F3N5O4. The number of hydrogen-bond acceptors (Lipinski definition) is 6. The molecular weight excluding hydrogens is 479 g/mol. The minimum absolute atomic E-state index is 0.382. The van der Waals surface area contributed by atoms with Gasteiger partial charge in [-0.1, -0.05) is 24.3 Å². The highest BCUT2D eigenvalue weighted by atomic mass is 19.4. The molecule has 2 heterocycles. The predicted octanol–water partition coefficient (Wildman–Crippen LogP) is 2.68. The summed E-state index contributed by atoms with van der Waals surface area (Å²) in [6.07, 6.45) is -1.37. The molecule has 1 fully saturated rings. The molecule has 4 rings (SSSR count). The number of carbonyl (C=O) groups excluding carboxylic acids is 1. The Kier molecular flexibility index (Phi) is 9.56. The molecule has 9 nitrogen and oxygen atoms in total. The molecule has 2 aromatic carbocycles. The number of carbonyl (C=O) groups is 2. The maximum Gasteiger partial charge on any atom is 0.490 e. The van der Waals surface area contributed by atoms with Crippen LogP contribution in [-0.2, 0) is 11.3 Å². The second-order valence-electron chi connectivity index (χ2n) is 8.66. The predicted molar refractivity (Wildman–Crippen MR) is 129 cm³/mol. The molecule has 0 spiro atoms. The first-order valence-electron chi connectivity index (χ1n) is 11.0. The molecule has 1 aromatic heterocycles. The van der Waals surface area contributed by atoms with E-state index in [9.17, 15) is 23.1 Å². The molecule has 3 aromatic rings. The average molecular weight is 510 g/mol. The number of amides is 1. The molecule has 1 aliphatic heterocycles. The van der Waals surface area contributed by atoms with Gasteiger partial charge in [0.2, 0.25) is 0 Å². The van der Waals surface area contributed by atoms with Crippen LogP contribution in [0.25, 0.3) is 16.6 Å². The number of aromatic nitrogens is 2. The van der Waals surface area contributed by atoms with Crippen molar-refractivity contribution in [3.63, 3.8) is 0 Å². The zero-order chi connectivity index (χ0) is 27.1. The molecule has 1 aliphatic rings. The third-order valence-electron chi connectivity index (χ3n) is 5.55. The lowest BCUT2D eigenvalue weighted by Crippen LogP contribution is -2.40. The molecule has 196 valence electrons. The van der Waals surface area contributed by atoms with Crippen molar-refractivity contribution in [2.45, 2.75) is 38.1 Å². The van der Waals surface area contributed by atoms with Crippen molar-refractivity contribution in [2.24, 2.45) is 11.5 Å². The average Bonchev–Trinajstić information content (AvgIpc) is 3.25. The van der Waals surface area contributed by atoms with Crippen LogP contribution in [0.4, 0.5) is 13.2 Å². The van der Waals surface area contributed by atoms with E-state index in [1.54, 1.807) is 16.8 Å². The lowest BCUT2D eigenvalue weighted by atomic mass is 9.94. The minimum atomic E-state index is -5.08. The second kappa shape index (κ2) is 12.0. The van der Waals surface area contributed by atoms with Crippen LogP contribution in [0, 0.1) is 0 Å². The first-order valence-corrected chi connectivity index (χ1v) is 11.0. The van der Waals surface area contributed by atoms with Gasteiger partial charge < -0.3 is 26.6 Å². The number of alkyl halides is 3. The monoisotopic (exact) mass is 509 g/mol. The molecule has 12 heteroatoms. The number of nitrogens with two attached hydrogens (primary N) is 2. The minimum Gasteiger partial charge on any atom is -0.475 e. The zero-order valence-corrected chi connectivity index (χ0v) is 20.0. The first kappa shape index (κ1) is 28.8. The van der Waals surface area contributed by atoms with Crippen LogP contribution in [0.3, 0.4) is 0 Å². The van der Waals surface area contributed by atoms with Crippen LogP contribution in [0.15, 0.2) is 48.7 Å². The Balaban J connectivity index is 0.000000236. The Morgan fingerprint density at radius 2 is 1.67 bits per heavy atom. The van der Waals surface area contributed by atoms with Crippen LogP contribution in [-0.4, -0.2) is 68.7 Å². The van der Waals surface area contributed by atoms with Gasteiger partial charge >= 0.3 is 12.1 Å². The van der Waals surface area contributed by atoms with E-state index in [1.165, 1.54) is 0 Å². The van der Waals surface area contributed by atoms with Gasteiger partial charge in [0, 0.05) is 31.2 Å². The van der Waals surface area contributed by atoms with E-state index in [2.05, 4.69) is 17.0 Å². The van der Waals surface area contributed by atoms with Crippen LogP contribution in [0.1, 0.15) is 35.7 Å². The van der Waals surface area contributed by atoms with Crippen LogP contribution < -0.4 is 11.5 Å². The molecule has 0 saturated carbocycles. The highest BCUT2D eigenvalue weighted by molar-refractivity contribution is 6.04. The fraction of sp³-hybridized carbons (Fsp3) is 0.375. The first-order chi connectivity index (χ1) is 16.7. The summed E-state index contributed by atoms with van der Waals surface area (Å²) >= 11 is 0. The van der Waals surface area contributed by atoms with Gasteiger partial charge in [-0.25, -0.2) is 9.48 Å². The number of likely N-dealkylation sites (tertiary alicyclic amines) is 1. The lowest BCUT2D eigenvalue weighted by molar-refractivity contribution is -0.192. The van der Waals surface area contributed by atoms with Crippen molar-refractivity contribution >= 4 is 22.8 Å². The Bertz CT molecular complexity index is 1170. The van der Waals surface area contributed by atoms with Gasteiger partial charge in [-0.05, 0) is 50.6 Å². The summed E-state index contributed by atoms with van der Waals surface area (Å²) in [5.74, 6) is -3.23. The number of benzene rings is 2. The van der Waals surface area contributed by atoms with Gasteiger partial charge in [-0.2, -0.15) is 18.3 Å². The highest BCUT2D eigenvalue weighted by Gasteiger charge is 2.38. The summed E-state index contributed by atoms with van der Waals surface area (Å²) in [5.41, 5.74) is 13.6. The van der Waals surface area contributed by atoms with E-state index in [4.69, 9.17) is 21.4 Å². The topological polar surface area (TPSA) is 148 Å². The fourth-order valence-corrected chi connectivity index (χ4v) is 3.26. The number of piperidine rings is 1. The number of aliphatic carboxylic acids is 1. The normalized spacial score (nSPS) is 15.3. The third kappa shape index (κ3) is 8.33. The smallest absolute Gasteiger partial charge is 0.475 e. The maximum absolute atomic E-state index is 11.4. The summed E-state index contributed by atoms with van der Waals surface area (Å²) in [7, 11) is 2.09. The molecule has 6 N–H and O–H groups in total. The number of halogens is 3. The van der Waals surface area contributed by atoms with Gasteiger partial charge in [0.1, 0.15) is 5.52 Å². The maximum atomic E-state index is 11.4. The summed E-state index contributed by atoms with van der Waals surface area (Å²) < 4.78 is 33.5. The Morgan fingerprint density at radius 1 is 1.11 bits per heavy atom. The van der Waals surface area contributed by atoms with Gasteiger partial charge in [-0.15, -0.1) is 0 Å². The molecule has 0 unspecified atom stereocenters. The van der Waals surface area contributed by atoms with Gasteiger partial charge in [0.15, 0.2) is 0 Å². The lowest BCUT2D eigenvalue weighted by Gasteiger charge is -2.33. The van der Waals surface area contributed by atoms with Crippen molar-refractivity contribution in [3.05, 3.63) is 59.8 Å². The van der Waals surface area contributed by atoms with Crippen LogP contribution in [0.2, 0.25) is 0 Å². The SMILES string of the molecule is CN1CCC(C)(O)CC1.NCc1ccc(-n2cc3cccc(C(N)=O)c3n2)cc1.O=C(O)C(F)(F)F. The summed E-state index contributed by atoms with van der Waals surface area (Å²) in [5, 5.41) is 21.9. The zero-order valence-electron chi connectivity index (χ0n) is 20.0. The number of hydrogen-bond donors (Lipinski definition) is 4. The van der Waals surface area contributed by atoms with Crippen LogP contribution in [0.5, 0.6) is 0 Å². The van der Waals surface area contributed by atoms with Gasteiger partial charge in [0.05, 0.1) is 16.9 Å². The van der Waals surface area contributed by atoms with Crippen LogP contribution >= 0.6 is 0 Å². The highest BCUT2D eigenvalue weighted by Crippen LogP contribution is 2.20. The number of rotatable bonds is 3. The van der Waals surface area contributed by atoms with E-state index in [0.717, 1.165) is 42.6 Å². The van der Waals surface area contributed by atoms with Crippen molar-refractivity contribution in [3.8, 4) is 5.69 Å².